The van der Waals surface area contributed by atoms with Crippen molar-refractivity contribution >= 4 is 28.8 Å². The van der Waals surface area contributed by atoms with E-state index in [1.54, 1.807) is 3.88 Å². The summed E-state index contributed by atoms with van der Waals surface area (Å²) in [6.45, 7) is 0. The van der Waals surface area contributed by atoms with Crippen LogP contribution in [-0.4, -0.2) is 4.98 Å². The molecule has 0 aliphatic heterocycles. The predicted molar refractivity (Wildman–Crippen MR) is 97.8 cm³/mol. The van der Waals surface area contributed by atoms with Gasteiger partial charge in [-0.2, -0.15) is 0 Å². The Bertz CT molecular complexity index is 653. The van der Waals surface area contributed by atoms with Crippen LogP contribution in [0.2, 0.25) is 36.6 Å². The van der Waals surface area contributed by atoms with Gasteiger partial charge in [-0.05, 0) is 0 Å². The first kappa shape index (κ1) is 20.1. The molecule has 0 bridgehead atoms. The number of aromatic nitrogens is 1. The van der Waals surface area contributed by atoms with Crippen molar-refractivity contribution in [3.8, 4) is 0 Å². The van der Waals surface area contributed by atoms with Crippen LogP contribution in [0.4, 0.5) is 0 Å². The van der Waals surface area contributed by atoms with Crippen LogP contribution in [0.25, 0.3) is 0 Å². The normalized spacial score (nSPS) is 25.1. The van der Waals surface area contributed by atoms with Gasteiger partial charge in [0.25, 0.3) is 0 Å². The van der Waals surface area contributed by atoms with Gasteiger partial charge in [-0.1, -0.05) is 0 Å². The molecule has 1 nitrogen and oxygen atoms in total. The molecule has 1 aromatic rings. The van der Waals surface area contributed by atoms with E-state index >= 15 is 0 Å². The van der Waals surface area contributed by atoms with E-state index in [1.807, 2.05) is 0 Å². The third-order valence-electron chi connectivity index (χ3n) is 5.80. The summed E-state index contributed by atoms with van der Waals surface area (Å²) < 4.78 is 2.92. The SMILES string of the molecule is Cl.Cl.[CH3][Ti]([CH3])([CH3])([CH3])([CH3])([CH3])([CH3])([C]1=CC=CC1)[c]1ccc[nH]1. The molecule has 1 aliphatic carbocycles. The Balaban J connectivity index is 0.00000180. The maximum atomic E-state index is 3.56. The fourth-order valence-electron chi connectivity index (χ4n) is 3.51. The van der Waals surface area contributed by atoms with E-state index in [9.17, 15) is 0 Å². The molecule has 0 saturated carbocycles. The van der Waals surface area contributed by atoms with Crippen molar-refractivity contribution in [3.05, 3.63) is 40.4 Å². The minimum absolute atomic E-state index is 0. The van der Waals surface area contributed by atoms with Gasteiger partial charge in [-0.15, -0.1) is 24.8 Å². The molecule has 0 spiro atoms. The number of hydrogen-bond acceptors (Lipinski definition) is 0. The van der Waals surface area contributed by atoms with Crippen LogP contribution < -0.4 is 4.00 Å². The van der Waals surface area contributed by atoms with Crippen molar-refractivity contribution < 1.29 is 10.2 Å². The van der Waals surface area contributed by atoms with Crippen molar-refractivity contribution in [2.24, 2.45) is 0 Å². The average Bonchev–Trinajstić information content (AvgIpc) is 2.75. The van der Waals surface area contributed by atoms with Crippen LogP contribution >= 0.6 is 24.8 Å². The molecule has 2 rings (SSSR count). The Morgan fingerprint density at radius 1 is 0.950 bits per heavy atom. The van der Waals surface area contributed by atoms with E-state index in [0.29, 0.717) is 0 Å². The number of nitrogens with one attached hydrogen (secondary N) is 1. The quantitative estimate of drug-likeness (QED) is 0.582. The van der Waals surface area contributed by atoms with Crippen molar-refractivity contribution in [2.45, 2.75) is 43.0 Å². The summed E-state index contributed by atoms with van der Waals surface area (Å²) in [5.74, 6) is 0. The molecule has 1 aromatic heterocycles. The van der Waals surface area contributed by atoms with Crippen LogP contribution in [0, 0.1) is 0 Å². The van der Waals surface area contributed by atoms with Crippen LogP contribution in [-0.2, 0) is 10.2 Å². The summed E-state index contributed by atoms with van der Waals surface area (Å²) in [5, 5.41) is 17.6. The van der Waals surface area contributed by atoms with Gasteiger partial charge in [0, 0.05) is 0 Å². The van der Waals surface area contributed by atoms with E-state index in [2.05, 4.69) is 78.1 Å². The fourth-order valence-corrected chi connectivity index (χ4v) is 12.6. The Morgan fingerprint density at radius 2 is 1.50 bits per heavy atom. The summed E-state index contributed by atoms with van der Waals surface area (Å²) in [6, 6.07) is 4.39. The first-order chi connectivity index (χ1) is 7.35. The van der Waals surface area contributed by atoms with E-state index in [0.717, 1.165) is 6.42 Å². The van der Waals surface area contributed by atoms with Crippen LogP contribution in [0.3, 0.4) is 0 Å². The average molecular weight is 357 g/mol. The second kappa shape index (κ2) is 2.48. The molecule has 0 amide bonds. The van der Waals surface area contributed by atoms with Gasteiger partial charge in [0.05, 0.1) is 0 Å². The van der Waals surface area contributed by atoms with Crippen molar-refractivity contribution in [3.63, 3.8) is 0 Å². The first-order valence-electron chi connectivity index (χ1n) is 7.21. The Labute approximate surface area is 127 Å². The summed E-state index contributed by atoms with van der Waals surface area (Å²) in [6.07, 6.45) is 9.91. The van der Waals surface area contributed by atoms with Crippen LogP contribution in [0.5, 0.6) is 0 Å². The second-order valence-corrected chi connectivity index (χ2v) is 62.5. The van der Waals surface area contributed by atoms with Crippen molar-refractivity contribution in [1.82, 2.24) is 4.98 Å². The number of aromatic amines is 1. The molecule has 0 radical (unpaired) electrons. The minimum atomic E-state index is -4.85. The summed E-state index contributed by atoms with van der Waals surface area (Å²) >= 11 is 0. The van der Waals surface area contributed by atoms with E-state index < -0.39 is 10.2 Å². The van der Waals surface area contributed by atoms with E-state index in [-0.39, 0.29) is 24.8 Å². The van der Waals surface area contributed by atoms with Gasteiger partial charge >= 0.3 is 103 Å². The molecule has 0 fully saturated rings. The van der Waals surface area contributed by atoms with Crippen LogP contribution in [0.1, 0.15) is 6.42 Å². The molecule has 1 heterocycles. The molecule has 1 aliphatic rings. The second-order valence-electron chi connectivity index (χ2n) is 16.5. The monoisotopic (exact) mass is 356 g/mol. The molecule has 1 N–H and O–H groups in total. The Morgan fingerprint density at radius 3 is 1.85 bits per heavy atom. The molecule has 0 saturated heterocycles. The summed E-state index contributed by atoms with van der Waals surface area (Å²) in [7, 11) is -4.85. The summed E-state index contributed by atoms with van der Waals surface area (Å²) in [5.41, 5.74) is 0. The van der Waals surface area contributed by atoms with Crippen molar-refractivity contribution in [1.29, 1.82) is 0 Å². The molecular formula is C16H32Cl2NTi. The molecule has 0 atom stereocenters. The van der Waals surface area contributed by atoms with Crippen LogP contribution in [0.15, 0.2) is 40.4 Å². The number of allylic oxidation sites excluding steroid dienone is 4. The standard InChI is InChI=1S/C5H5.C4H4N.7CH3.2ClH.Ti/c2*1-2-4-5-3-1;;;;;;;;;;/h1-3H,4H2;1-3,5H;7*1H3;2*1H;. The number of H-pyrrole nitrogens is 1. The van der Waals surface area contributed by atoms with Gasteiger partial charge in [0.15, 0.2) is 0 Å². The third kappa shape index (κ3) is 2.48. The number of halogens is 2. The van der Waals surface area contributed by atoms with Gasteiger partial charge in [0.1, 0.15) is 0 Å². The zero-order chi connectivity index (χ0) is 14.1. The maximum absolute atomic E-state index is 4.85. The van der Waals surface area contributed by atoms with E-state index in [4.69, 9.17) is 0 Å². The Hall–Kier alpha value is 0.0543. The van der Waals surface area contributed by atoms with Gasteiger partial charge in [-0.25, -0.2) is 0 Å². The topological polar surface area (TPSA) is 15.8 Å². The summed E-state index contributed by atoms with van der Waals surface area (Å²) in [4.78, 5) is 3.56. The Kier molecular flexibility index (Phi) is 2.49. The molecule has 0 unspecified atom stereocenters. The van der Waals surface area contributed by atoms with Gasteiger partial charge < -0.3 is 0 Å². The predicted octanol–water partition coefficient (Wildman–Crippen LogP) is 6.50. The zero-order valence-electron chi connectivity index (χ0n) is 14.0. The van der Waals surface area contributed by atoms with Crippen molar-refractivity contribution in [2.75, 3.05) is 0 Å². The molecule has 0 aromatic carbocycles. The molecular weight excluding hydrogens is 325 g/mol. The van der Waals surface area contributed by atoms with E-state index in [1.165, 1.54) is 4.00 Å². The number of hydrogen-bond donors (Lipinski definition) is 1. The third-order valence-corrected chi connectivity index (χ3v) is 20.7. The number of rotatable bonds is 2. The molecule has 4 heteroatoms. The van der Waals surface area contributed by atoms with Gasteiger partial charge in [-0.3, -0.25) is 0 Å². The molecule has 119 valence electrons. The fraction of sp³-hybridized carbons (Fsp3) is 0.500. The molecule has 20 heavy (non-hydrogen) atoms. The zero-order valence-corrected chi connectivity index (χ0v) is 17.2. The first-order valence-corrected chi connectivity index (χ1v) is 19.7. The van der Waals surface area contributed by atoms with Gasteiger partial charge in [0.2, 0.25) is 0 Å².